The van der Waals surface area contributed by atoms with Crippen molar-refractivity contribution in [1.29, 1.82) is 5.26 Å². The molecule has 74 valence electrons. The van der Waals surface area contributed by atoms with Crippen molar-refractivity contribution in [3.63, 3.8) is 0 Å². The monoisotopic (exact) mass is 202 g/mol. The molecule has 1 heterocycles. The molecule has 1 aromatic rings. The summed E-state index contributed by atoms with van der Waals surface area (Å²) < 4.78 is 37.2. The average Bonchev–Trinajstić information content (AvgIpc) is 2.17. The van der Waals surface area contributed by atoms with E-state index in [2.05, 4.69) is 4.98 Å². The minimum absolute atomic E-state index is 0.238. The number of aliphatic hydroxyl groups excluding tert-OH is 1. The molecular weight excluding hydrogens is 197 g/mol. The summed E-state index contributed by atoms with van der Waals surface area (Å²) >= 11 is 0. The lowest BCUT2D eigenvalue weighted by molar-refractivity contribution is 0.140. The average molecular weight is 202 g/mol. The number of rotatable bonds is 2. The number of alkyl halides is 2. The lowest BCUT2D eigenvalue weighted by Gasteiger charge is -2.05. The van der Waals surface area contributed by atoms with Gasteiger partial charge in [0.25, 0.3) is 6.43 Å². The zero-order chi connectivity index (χ0) is 10.7. The number of aromatic nitrogens is 1. The van der Waals surface area contributed by atoms with Crippen LogP contribution in [0.1, 0.15) is 23.2 Å². The van der Waals surface area contributed by atoms with Crippen LogP contribution in [0.4, 0.5) is 13.2 Å². The third-order valence-corrected chi connectivity index (χ3v) is 1.59. The van der Waals surface area contributed by atoms with Crippen molar-refractivity contribution in [2.75, 3.05) is 0 Å². The first-order valence-corrected chi connectivity index (χ1v) is 3.58. The molecule has 0 spiro atoms. The van der Waals surface area contributed by atoms with Crippen molar-refractivity contribution < 1.29 is 18.3 Å². The molecule has 0 aromatic carbocycles. The van der Waals surface area contributed by atoms with Gasteiger partial charge in [0.15, 0.2) is 0 Å². The topological polar surface area (TPSA) is 56.9 Å². The van der Waals surface area contributed by atoms with Gasteiger partial charge in [0.05, 0.1) is 6.61 Å². The van der Waals surface area contributed by atoms with Crippen LogP contribution in [0.15, 0.2) is 6.07 Å². The Morgan fingerprint density at radius 2 is 2.21 bits per heavy atom. The Balaban J connectivity index is 3.33. The summed E-state index contributed by atoms with van der Waals surface area (Å²) in [7, 11) is 0. The summed E-state index contributed by atoms with van der Waals surface area (Å²) in [5.41, 5.74) is -1.53. The summed E-state index contributed by atoms with van der Waals surface area (Å²) in [5, 5.41) is 17.0. The second-order valence-corrected chi connectivity index (χ2v) is 2.44. The standard InChI is InChI=1S/C8H5F3N2O/c9-7(10)6-5(3-14)1-4(2-12)8(11)13-6/h1,7,14H,3H2. The Hall–Kier alpha value is -1.61. The van der Waals surface area contributed by atoms with Crippen LogP contribution in [-0.4, -0.2) is 10.1 Å². The molecule has 0 saturated heterocycles. The molecule has 1 N–H and O–H groups in total. The molecule has 0 aliphatic heterocycles. The second-order valence-electron chi connectivity index (χ2n) is 2.44. The zero-order valence-electron chi connectivity index (χ0n) is 6.84. The highest BCUT2D eigenvalue weighted by molar-refractivity contribution is 5.34. The maximum atomic E-state index is 12.8. The molecule has 0 unspecified atom stereocenters. The van der Waals surface area contributed by atoms with Crippen molar-refractivity contribution in [3.05, 3.63) is 28.8 Å². The zero-order valence-corrected chi connectivity index (χ0v) is 6.84. The molecule has 0 bridgehead atoms. The SMILES string of the molecule is N#Cc1cc(CO)c(C(F)F)nc1F. The van der Waals surface area contributed by atoms with Gasteiger partial charge in [0, 0.05) is 5.56 Å². The second kappa shape index (κ2) is 4.07. The normalized spacial score (nSPS) is 10.3. The lowest BCUT2D eigenvalue weighted by atomic mass is 10.1. The van der Waals surface area contributed by atoms with Crippen molar-refractivity contribution in [3.8, 4) is 6.07 Å². The molecule has 6 heteroatoms. The van der Waals surface area contributed by atoms with Gasteiger partial charge >= 0.3 is 0 Å². The van der Waals surface area contributed by atoms with E-state index in [0.29, 0.717) is 0 Å². The summed E-state index contributed by atoms with van der Waals surface area (Å²) in [6.07, 6.45) is -2.97. The van der Waals surface area contributed by atoms with Gasteiger partial charge in [-0.3, -0.25) is 0 Å². The van der Waals surface area contributed by atoms with Crippen LogP contribution in [0.3, 0.4) is 0 Å². The predicted octanol–water partition coefficient (Wildman–Crippen LogP) is 1.52. The third-order valence-electron chi connectivity index (χ3n) is 1.59. The van der Waals surface area contributed by atoms with Gasteiger partial charge in [0.2, 0.25) is 5.95 Å². The van der Waals surface area contributed by atoms with Gasteiger partial charge < -0.3 is 5.11 Å². The van der Waals surface area contributed by atoms with E-state index in [4.69, 9.17) is 10.4 Å². The van der Waals surface area contributed by atoms with Gasteiger partial charge in [-0.15, -0.1) is 0 Å². The largest absolute Gasteiger partial charge is 0.392 e. The Morgan fingerprint density at radius 3 is 2.64 bits per heavy atom. The highest BCUT2D eigenvalue weighted by atomic mass is 19.3. The van der Waals surface area contributed by atoms with Crippen LogP contribution in [0.2, 0.25) is 0 Å². The number of pyridine rings is 1. The number of aliphatic hydroxyl groups is 1. The predicted molar refractivity (Wildman–Crippen MR) is 39.8 cm³/mol. The Labute approximate surface area is 77.4 Å². The van der Waals surface area contributed by atoms with Gasteiger partial charge in [-0.2, -0.15) is 9.65 Å². The van der Waals surface area contributed by atoms with Gasteiger partial charge in [-0.25, -0.2) is 13.8 Å². The Kier molecular flexibility index (Phi) is 3.04. The van der Waals surface area contributed by atoms with Crippen LogP contribution in [-0.2, 0) is 6.61 Å². The summed E-state index contributed by atoms with van der Waals surface area (Å²) in [6, 6.07) is 2.31. The first kappa shape index (κ1) is 10.5. The quantitative estimate of drug-likeness (QED) is 0.739. The molecule has 0 saturated carbocycles. The number of hydrogen-bond acceptors (Lipinski definition) is 3. The highest BCUT2D eigenvalue weighted by Crippen LogP contribution is 2.22. The number of nitrogens with zero attached hydrogens (tertiary/aromatic N) is 2. The fraction of sp³-hybridized carbons (Fsp3) is 0.250. The molecule has 0 radical (unpaired) electrons. The summed E-state index contributed by atoms with van der Waals surface area (Å²) in [5.74, 6) is -1.25. The van der Waals surface area contributed by atoms with Gasteiger partial charge in [0.1, 0.15) is 17.3 Å². The first-order valence-electron chi connectivity index (χ1n) is 3.58. The van der Waals surface area contributed by atoms with Crippen molar-refractivity contribution in [2.24, 2.45) is 0 Å². The summed E-state index contributed by atoms with van der Waals surface area (Å²) in [6.45, 7) is -0.707. The first-order chi connectivity index (χ1) is 6.60. The van der Waals surface area contributed by atoms with E-state index < -0.39 is 30.2 Å². The van der Waals surface area contributed by atoms with E-state index >= 15 is 0 Å². The van der Waals surface area contributed by atoms with Crippen LogP contribution in [0.25, 0.3) is 0 Å². The maximum Gasteiger partial charge on any atom is 0.280 e. The van der Waals surface area contributed by atoms with E-state index in [1.54, 1.807) is 0 Å². The molecule has 0 amide bonds. The smallest absolute Gasteiger partial charge is 0.280 e. The molecule has 3 nitrogen and oxygen atoms in total. The van der Waals surface area contributed by atoms with Crippen LogP contribution in [0.5, 0.6) is 0 Å². The highest BCUT2D eigenvalue weighted by Gasteiger charge is 2.18. The van der Waals surface area contributed by atoms with Crippen molar-refractivity contribution in [2.45, 2.75) is 13.0 Å². The van der Waals surface area contributed by atoms with E-state index in [1.807, 2.05) is 0 Å². The third kappa shape index (κ3) is 1.83. The Bertz CT molecular complexity index is 387. The van der Waals surface area contributed by atoms with Crippen LogP contribution >= 0.6 is 0 Å². The minimum atomic E-state index is -2.97. The van der Waals surface area contributed by atoms with E-state index in [9.17, 15) is 13.2 Å². The number of halogens is 3. The van der Waals surface area contributed by atoms with Crippen LogP contribution < -0.4 is 0 Å². The van der Waals surface area contributed by atoms with E-state index in [1.165, 1.54) is 6.07 Å². The van der Waals surface area contributed by atoms with Crippen molar-refractivity contribution in [1.82, 2.24) is 4.98 Å². The summed E-state index contributed by atoms with van der Waals surface area (Å²) in [4.78, 5) is 2.92. The molecular formula is C8H5F3N2O. The molecule has 0 aliphatic carbocycles. The van der Waals surface area contributed by atoms with Crippen LogP contribution in [0, 0.1) is 17.3 Å². The molecule has 1 aromatic heterocycles. The Morgan fingerprint density at radius 1 is 1.57 bits per heavy atom. The fourth-order valence-electron chi connectivity index (χ4n) is 0.939. The van der Waals surface area contributed by atoms with Gasteiger partial charge in [-0.05, 0) is 6.07 Å². The van der Waals surface area contributed by atoms with E-state index in [0.717, 1.165) is 6.07 Å². The molecule has 0 fully saturated rings. The molecule has 1 rings (SSSR count). The lowest BCUT2D eigenvalue weighted by Crippen LogP contribution is -2.03. The van der Waals surface area contributed by atoms with Crippen molar-refractivity contribution >= 4 is 0 Å². The minimum Gasteiger partial charge on any atom is -0.392 e. The number of hydrogen-bond donors (Lipinski definition) is 1. The molecule has 0 aliphatic rings. The molecule has 0 atom stereocenters. The fourth-order valence-corrected chi connectivity index (χ4v) is 0.939. The van der Waals surface area contributed by atoms with Gasteiger partial charge in [-0.1, -0.05) is 0 Å². The molecule has 14 heavy (non-hydrogen) atoms. The maximum absolute atomic E-state index is 12.8. The van der Waals surface area contributed by atoms with E-state index in [-0.39, 0.29) is 5.56 Å². The number of nitriles is 1.